The molecule has 0 amide bonds. The summed E-state index contributed by atoms with van der Waals surface area (Å²) in [5.41, 5.74) is 1.33. The number of hydrogen-bond donors (Lipinski definition) is 0. The SMILES string of the molecule is Fc1cc(N2CCc3sccc3C2)ncn1. The Kier molecular flexibility index (Phi) is 2.32. The molecule has 0 saturated heterocycles. The predicted octanol–water partition coefficient (Wildman–Crippen LogP) is 2.24. The first-order valence-electron chi connectivity index (χ1n) is 5.10. The van der Waals surface area contributed by atoms with Crippen molar-refractivity contribution in [2.24, 2.45) is 0 Å². The topological polar surface area (TPSA) is 29.0 Å². The van der Waals surface area contributed by atoms with E-state index in [9.17, 15) is 4.39 Å². The quantitative estimate of drug-likeness (QED) is 0.710. The maximum absolute atomic E-state index is 13.0. The summed E-state index contributed by atoms with van der Waals surface area (Å²) in [6.07, 6.45) is 2.28. The van der Waals surface area contributed by atoms with Crippen LogP contribution in [0.5, 0.6) is 0 Å². The molecule has 0 fully saturated rings. The number of halogens is 1. The van der Waals surface area contributed by atoms with Crippen molar-refractivity contribution in [1.82, 2.24) is 9.97 Å². The van der Waals surface area contributed by atoms with Crippen LogP contribution in [0.2, 0.25) is 0 Å². The highest BCUT2D eigenvalue weighted by Crippen LogP contribution is 2.26. The molecule has 2 aromatic heterocycles. The van der Waals surface area contributed by atoms with E-state index in [1.165, 1.54) is 22.8 Å². The molecule has 0 aliphatic carbocycles. The van der Waals surface area contributed by atoms with Crippen molar-refractivity contribution in [3.63, 3.8) is 0 Å². The van der Waals surface area contributed by atoms with Gasteiger partial charge in [-0.3, -0.25) is 0 Å². The van der Waals surface area contributed by atoms with Gasteiger partial charge in [-0.05, 0) is 23.4 Å². The van der Waals surface area contributed by atoms with Crippen molar-refractivity contribution in [3.05, 3.63) is 40.2 Å². The summed E-state index contributed by atoms with van der Waals surface area (Å²) in [6.45, 7) is 1.71. The van der Waals surface area contributed by atoms with E-state index < -0.39 is 5.95 Å². The molecule has 0 aromatic carbocycles. The van der Waals surface area contributed by atoms with Crippen LogP contribution in [0.4, 0.5) is 10.2 Å². The average Bonchev–Trinajstić information content (AvgIpc) is 2.75. The van der Waals surface area contributed by atoms with Gasteiger partial charge >= 0.3 is 0 Å². The van der Waals surface area contributed by atoms with Gasteiger partial charge in [-0.2, -0.15) is 4.39 Å². The van der Waals surface area contributed by atoms with Gasteiger partial charge in [0, 0.05) is 24.0 Å². The van der Waals surface area contributed by atoms with Crippen molar-refractivity contribution in [3.8, 4) is 0 Å². The van der Waals surface area contributed by atoms with E-state index in [1.807, 2.05) is 0 Å². The fourth-order valence-electron chi connectivity index (χ4n) is 1.94. The first-order chi connectivity index (χ1) is 7.83. The Labute approximate surface area is 96.6 Å². The number of thiophene rings is 1. The molecule has 0 atom stereocenters. The van der Waals surface area contributed by atoms with Crippen LogP contribution in [0.25, 0.3) is 0 Å². The average molecular weight is 235 g/mol. The van der Waals surface area contributed by atoms with Crippen LogP contribution in [0.15, 0.2) is 23.8 Å². The van der Waals surface area contributed by atoms with Crippen molar-refractivity contribution >= 4 is 17.2 Å². The Morgan fingerprint density at radius 3 is 3.19 bits per heavy atom. The van der Waals surface area contributed by atoms with Gasteiger partial charge < -0.3 is 4.90 Å². The zero-order valence-electron chi connectivity index (χ0n) is 8.56. The molecule has 1 aliphatic rings. The predicted molar refractivity (Wildman–Crippen MR) is 61.1 cm³/mol. The van der Waals surface area contributed by atoms with E-state index >= 15 is 0 Å². The van der Waals surface area contributed by atoms with Crippen LogP contribution in [-0.4, -0.2) is 16.5 Å². The van der Waals surface area contributed by atoms with Gasteiger partial charge in [-0.1, -0.05) is 0 Å². The third kappa shape index (κ3) is 1.67. The smallest absolute Gasteiger partial charge is 0.218 e. The van der Waals surface area contributed by atoms with Gasteiger partial charge in [-0.25, -0.2) is 9.97 Å². The Morgan fingerprint density at radius 1 is 1.38 bits per heavy atom. The Morgan fingerprint density at radius 2 is 2.31 bits per heavy atom. The molecule has 2 aromatic rings. The highest BCUT2D eigenvalue weighted by molar-refractivity contribution is 7.10. The van der Waals surface area contributed by atoms with Crippen LogP contribution in [0.1, 0.15) is 10.4 Å². The zero-order valence-corrected chi connectivity index (χ0v) is 9.38. The van der Waals surface area contributed by atoms with Gasteiger partial charge in [0.15, 0.2) is 0 Å². The maximum Gasteiger partial charge on any atom is 0.218 e. The molecule has 1 aliphatic heterocycles. The molecule has 0 N–H and O–H groups in total. The summed E-state index contributed by atoms with van der Waals surface area (Å²) < 4.78 is 13.0. The molecule has 0 radical (unpaired) electrons. The summed E-state index contributed by atoms with van der Waals surface area (Å²) in [5, 5.41) is 2.11. The summed E-state index contributed by atoms with van der Waals surface area (Å²) in [4.78, 5) is 11.1. The van der Waals surface area contributed by atoms with Crippen molar-refractivity contribution in [2.45, 2.75) is 13.0 Å². The third-order valence-corrected chi connectivity index (χ3v) is 3.77. The van der Waals surface area contributed by atoms with Crippen LogP contribution < -0.4 is 4.90 Å². The van der Waals surface area contributed by atoms with Gasteiger partial charge in [0.2, 0.25) is 5.95 Å². The van der Waals surface area contributed by atoms with Crippen LogP contribution in [0.3, 0.4) is 0 Å². The van der Waals surface area contributed by atoms with Crippen LogP contribution >= 0.6 is 11.3 Å². The minimum Gasteiger partial charge on any atom is -0.352 e. The normalized spacial score (nSPS) is 14.9. The molecule has 5 heteroatoms. The summed E-state index contributed by atoms with van der Waals surface area (Å²) >= 11 is 1.79. The monoisotopic (exact) mass is 235 g/mol. The van der Waals surface area contributed by atoms with E-state index in [0.717, 1.165) is 19.5 Å². The van der Waals surface area contributed by atoms with Crippen molar-refractivity contribution in [1.29, 1.82) is 0 Å². The van der Waals surface area contributed by atoms with E-state index in [0.29, 0.717) is 5.82 Å². The number of hydrogen-bond acceptors (Lipinski definition) is 4. The first kappa shape index (κ1) is 9.72. The molecule has 3 nitrogen and oxygen atoms in total. The first-order valence-corrected chi connectivity index (χ1v) is 5.98. The van der Waals surface area contributed by atoms with E-state index in [4.69, 9.17) is 0 Å². The van der Waals surface area contributed by atoms with Gasteiger partial charge in [0.25, 0.3) is 0 Å². The van der Waals surface area contributed by atoms with Crippen LogP contribution in [-0.2, 0) is 13.0 Å². The largest absolute Gasteiger partial charge is 0.352 e. The highest BCUT2D eigenvalue weighted by Gasteiger charge is 2.18. The molecule has 0 saturated carbocycles. The van der Waals surface area contributed by atoms with E-state index in [2.05, 4.69) is 26.3 Å². The van der Waals surface area contributed by atoms with Crippen molar-refractivity contribution < 1.29 is 4.39 Å². The number of rotatable bonds is 1. The Bertz CT molecular complexity index is 511. The molecular weight excluding hydrogens is 225 g/mol. The molecule has 16 heavy (non-hydrogen) atoms. The van der Waals surface area contributed by atoms with Crippen molar-refractivity contribution in [2.75, 3.05) is 11.4 Å². The summed E-state index contributed by atoms with van der Waals surface area (Å²) in [5.74, 6) is 0.200. The minimum atomic E-state index is -0.471. The van der Waals surface area contributed by atoms with E-state index in [1.54, 1.807) is 11.3 Å². The highest BCUT2D eigenvalue weighted by atomic mass is 32.1. The lowest BCUT2D eigenvalue weighted by Gasteiger charge is -2.27. The maximum atomic E-state index is 13.0. The molecule has 0 spiro atoms. The molecule has 3 heterocycles. The van der Waals surface area contributed by atoms with Gasteiger partial charge in [-0.15, -0.1) is 11.3 Å². The molecule has 0 bridgehead atoms. The van der Waals surface area contributed by atoms with Crippen LogP contribution in [0, 0.1) is 5.95 Å². The lowest BCUT2D eigenvalue weighted by molar-refractivity contribution is 0.576. The molecule has 0 unspecified atom stereocenters. The minimum absolute atomic E-state index is 0.471. The second-order valence-electron chi connectivity index (χ2n) is 3.74. The zero-order chi connectivity index (χ0) is 11.0. The fraction of sp³-hybridized carbons (Fsp3) is 0.273. The summed E-state index contributed by atoms with van der Waals surface area (Å²) in [6, 6.07) is 3.51. The Balaban J connectivity index is 1.88. The number of fused-ring (bicyclic) bond motifs is 1. The number of anilines is 1. The fourth-order valence-corrected chi connectivity index (χ4v) is 2.83. The standard InChI is InChI=1S/C11H10FN3S/c12-10-5-11(14-7-13-10)15-3-1-9-8(6-15)2-4-16-9/h2,4-5,7H,1,3,6H2. The lowest BCUT2D eigenvalue weighted by Crippen LogP contribution is -2.30. The molecular formula is C11H10FN3S. The Hall–Kier alpha value is -1.49. The lowest BCUT2D eigenvalue weighted by atomic mass is 10.1. The molecule has 82 valence electrons. The second-order valence-corrected chi connectivity index (χ2v) is 4.74. The third-order valence-electron chi connectivity index (χ3n) is 2.75. The number of nitrogens with zero attached hydrogens (tertiary/aromatic N) is 3. The number of aromatic nitrogens is 2. The summed E-state index contributed by atoms with van der Waals surface area (Å²) in [7, 11) is 0. The van der Waals surface area contributed by atoms with E-state index in [-0.39, 0.29) is 0 Å². The van der Waals surface area contributed by atoms with Gasteiger partial charge in [0.1, 0.15) is 12.1 Å². The van der Waals surface area contributed by atoms with Gasteiger partial charge in [0.05, 0.1) is 0 Å². The molecule has 3 rings (SSSR count). The second kappa shape index (κ2) is 3.83.